The third kappa shape index (κ3) is 5.76. The van der Waals surface area contributed by atoms with Gasteiger partial charge in [-0.15, -0.1) is 0 Å². The Morgan fingerprint density at radius 1 is 1.23 bits per heavy atom. The minimum atomic E-state index is -0.364. The van der Waals surface area contributed by atoms with Crippen molar-refractivity contribution in [3.05, 3.63) is 51.8 Å². The number of allylic oxidation sites excluding steroid dienone is 1. The highest BCUT2D eigenvalue weighted by Crippen LogP contribution is 2.34. The van der Waals surface area contributed by atoms with Crippen LogP contribution < -0.4 is 0 Å². The van der Waals surface area contributed by atoms with Crippen LogP contribution in [0.15, 0.2) is 24.3 Å². The average molecular weight is 446 g/mol. The van der Waals surface area contributed by atoms with Crippen molar-refractivity contribution in [1.29, 1.82) is 5.41 Å². The molecule has 1 N–H and O–H groups in total. The molecule has 6 nitrogen and oxygen atoms in total. The summed E-state index contributed by atoms with van der Waals surface area (Å²) in [5.41, 5.74) is 3.73. The Bertz CT molecular complexity index is 967. The van der Waals surface area contributed by atoms with Crippen LogP contribution in [-0.4, -0.2) is 28.8 Å². The number of halogens is 1. The van der Waals surface area contributed by atoms with Crippen LogP contribution in [0.3, 0.4) is 0 Å². The Hall–Kier alpha value is -2.60. The van der Waals surface area contributed by atoms with Crippen LogP contribution in [0.2, 0.25) is 5.02 Å². The molecular weight excluding hydrogens is 414 g/mol. The number of nitrogens with zero attached hydrogens (tertiary/aromatic N) is 2. The quantitative estimate of drug-likeness (QED) is 0.239. The number of carbonyl (C=O) groups is 1. The molecule has 0 aliphatic heterocycles. The zero-order chi connectivity index (χ0) is 23.3. The molecule has 0 bridgehead atoms. The number of esters is 1. The third-order valence-electron chi connectivity index (χ3n) is 4.90. The van der Waals surface area contributed by atoms with Crippen LogP contribution in [-0.2, 0) is 26.2 Å². The fraction of sp³-hybridized carbons (Fsp3) is 0.458. The van der Waals surface area contributed by atoms with E-state index in [2.05, 4.69) is 25.9 Å². The number of aromatic nitrogens is 2. The first-order chi connectivity index (χ1) is 14.5. The molecule has 0 amide bonds. The maximum absolute atomic E-state index is 11.9. The molecular formula is C24H32ClN3O3. The zero-order valence-electron chi connectivity index (χ0n) is 19.4. The molecule has 168 valence electrons. The molecule has 2 aromatic rings. The summed E-state index contributed by atoms with van der Waals surface area (Å²) in [6.07, 6.45) is 1.23. The zero-order valence-corrected chi connectivity index (χ0v) is 20.1. The van der Waals surface area contributed by atoms with Crippen molar-refractivity contribution in [1.82, 2.24) is 9.78 Å². The molecule has 0 spiro atoms. The van der Waals surface area contributed by atoms with Crippen molar-refractivity contribution in [2.45, 2.75) is 60.4 Å². The van der Waals surface area contributed by atoms with Gasteiger partial charge in [-0.05, 0) is 30.4 Å². The maximum atomic E-state index is 11.9. The van der Waals surface area contributed by atoms with Crippen LogP contribution in [0.4, 0.5) is 0 Å². The van der Waals surface area contributed by atoms with E-state index in [1.807, 2.05) is 38.1 Å². The van der Waals surface area contributed by atoms with Crippen molar-refractivity contribution in [3.8, 4) is 0 Å². The maximum Gasteiger partial charge on any atom is 0.311 e. The predicted octanol–water partition coefficient (Wildman–Crippen LogP) is 5.85. The fourth-order valence-electron chi connectivity index (χ4n) is 3.02. The van der Waals surface area contributed by atoms with Crippen LogP contribution in [0.1, 0.15) is 64.1 Å². The number of aryl methyl sites for hydroxylation is 2. The van der Waals surface area contributed by atoms with E-state index in [0.29, 0.717) is 34.3 Å². The van der Waals surface area contributed by atoms with Crippen molar-refractivity contribution >= 4 is 35.1 Å². The van der Waals surface area contributed by atoms with Gasteiger partial charge in [0.15, 0.2) is 5.76 Å². The summed E-state index contributed by atoms with van der Waals surface area (Å²) in [5.74, 6) is -0.283. The van der Waals surface area contributed by atoms with Gasteiger partial charge in [0.2, 0.25) is 6.79 Å². The van der Waals surface area contributed by atoms with Gasteiger partial charge in [0.25, 0.3) is 0 Å². The van der Waals surface area contributed by atoms with Gasteiger partial charge in [-0.3, -0.25) is 9.48 Å². The van der Waals surface area contributed by atoms with Crippen molar-refractivity contribution in [3.63, 3.8) is 0 Å². The Labute approximate surface area is 189 Å². The van der Waals surface area contributed by atoms with Gasteiger partial charge in [-0.2, -0.15) is 5.10 Å². The molecule has 1 aromatic carbocycles. The second kappa shape index (κ2) is 10.1. The lowest BCUT2D eigenvalue weighted by Gasteiger charge is -2.20. The molecule has 0 fully saturated rings. The number of rotatable bonds is 8. The summed E-state index contributed by atoms with van der Waals surface area (Å²) >= 11 is 6.57. The number of hydrogen-bond acceptors (Lipinski definition) is 5. The third-order valence-corrected chi connectivity index (χ3v) is 5.35. The molecule has 0 saturated carbocycles. The highest BCUT2D eigenvalue weighted by atomic mass is 35.5. The molecule has 0 unspecified atom stereocenters. The molecule has 0 aliphatic rings. The molecule has 1 heterocycles. The number of ether oxygens (including phenoxy) is 2. The van der Waals surface area contributed by atoms with Gasteiger partial charge in [0.1, 0.15) is 5.69 Å². The van der Waals surface area contributed by atoms with E-state index in [1.54, 1.807) is 18.5 Å². The summed E-state index contributed by atoms with van der Waals surface area (Å²) in [7, 11) is 0. The molecule has 1 aromatic heterocycles. The van der Waals surface area contributed by atoms with Gasteiger partial charge < -0.3 is 14.9 Å². The first-order valence-corrected chi connectivity index (χ1v) is 10.8. The highest BCUT2D eigenvalue weighted by Gasteiger charge is 2.23. The first kappa shape index (κ1) is 24.7. The molecule has 0 atom stereocenters. The van der Waals surface area contributed by atoms with Gasteiger partial charge >= 0.3 is 5.97 Å². The van der Waals surface area contributed by atoms with E-state index in [1.165, 1.54) is 11.8 Å². The SMILES string of the molecule is CCn1nc(C)c(Cl)c1/C(OCOC(=O)C(C)C)=C(\C=N)c1ccc(C(C)(C)C)cc1. The fourth-order valence-corrected chi connectivity index (χ4v) is 3.24. The van der Waals surface area contributed by atoms with Gasteiger partial charge in [0, 0.05) is 18.3 Å². The van der Waals surface area contributed by atoms with E-state index < -0.39 is 0 Å². The van der Waals surface area contributed by atoms with Crippen LogP contribution >= 0.6 is 11.6 Å². The van der Waals surface area contributed by atoms with E-state index >= 15 is 0 Å². The lowest BCUT2D eigenvalue weighted by atomic mass is 9.86. The largest absolute Gasteiger partial charge is 0.454 e. The molecule has 31 heavy (non-hydrogen) atoms. The van der Waals surface area contributed by atoms with E-state index in [4.69, 9.17) is 26.5 Å². The second-order valence-electron chi connectivity index (χ2n) is 8.66. The molecule has 0 aliphatic carbocycles. The topological polar surface area (TPSA) is 77.2 Å². The van der Waals surface area contributed by atoms with Crippen molar-refractivity contribution < 1.29 is 14.3 Å². The minimum absolute atomic E-state index is 0.0126. The van der Waals surface area contributed by atoms with E-state index in [9.17, 15) is 4.79 Å². The Balaban J connectivity index is 2.59. The number of benzene rings is 1. The molecule has 2 rings (SSSR count). The summed E-state index contributed by atoms with van der Waals surface area (Å²) in [6, 6.07) is 7.99. The first-order valence-electron chi connectivity index (χ1n) is 10.4. The van der Waals surface area contributed by atoms with Crippen LogP contribution in [0.25, 0.3) is 11.3 Å². The average Bonchev–Trinajstić information content (AvgIpc) is 3.00. The van der Waals surface area contributed by atoms with E-state index in [-0.39, 0.29) is 24.1 Å². The monoisotopic (exact) mass is 445 g/mol. The predicted molar refractivity (Wildman–Crippen MR) is 125 cm³/mol. The Morgan fingerprint density at radius 2 is 1.84 bits per heavy atom. The number of nitrogens with one attached hydrogen (secondary N) is 1. The van der Waals surface area contributed by atoms with E-state index in [0.717, 1.165) is 5.56 Å². The van der Waals surface area contributed by atoms with Crippen molar-refractivity contribution in [2.24, 2.45) is 5.92 Å². The molecule has 7 heteroatoms. The van der Waals surface area contributed by atoms with Gasteiger partial charge in [0.05, 0.1) is 16.6 Å². The summed E-state index contributed by atoms with van der Waals surface area (Å²) < 4.78 is 12.9. The second-order valence-corrected chi connectivity index (χ2v) is 9.04. The molecule has 0 radical (unpaired) electrons. The van der Waals surface area contributed by atoms with Crippen LogP contribution in [0, 0.1) is 18.3 Å². The summed E-state index contributed by atoms with van der Waals surface area (Å²) in [6.45, 7) is 14.0. The molecule has 0 saturated heterocycles. The van der Waals surface area contributed by atoms with Gasteiger partial charge in [-0.25, -0.2) is 0 Å². The van der Waals surface area contributed by atoms with Gasteiger partial charge in [-0.1, -0.05) is 70.5 Å². The normalized spacial score (nSPS) is 12.5. The van der Waals surface area contributed by atoms with Crippen molar-refractivity contribution in [2.75, 3.05) is 6.79 Å². The highest BCUT2D eigenvalue weighted by molar-refractivity contribution is 6.33. The smallest absolute Gasteiger partial charge is 0.311 e. The number of hydrogen-bond donors (Lipinski definition) is 1. The summed E-state index contributed by atoms with van der Waals surface area (Å²) in [4.78, 5) is 11.9. The lowest BCUT2D eigenvalue weighted by Crippen LogP contribution is -2.15. The van der Waals surface area contributed by atoms with Crippen LogP contribution in [0.5, 0.6) is 0 Å². The Kier molecular flexibility index (Phi) is 8.07. The number of carbonyl (C=O) groups excluding carboxylic acids is 1. The Morgan fingerprint density at radius 3 is 2.32 bits per heavy atom. The lowest BCUT2D eigenvalue weighted by molar-refractivity contribution is -0.155. The summed E-state index contributed by atoms with van der Waals surface area (Å²) in [5, 5.41) is 13.0. The minimum Gasteiger partial charge on any atom is -0.454 e. The standard InChI is InChI=1S/C24H32ClN3O3/c1-8-28-21(20(25)16(4)27-28)22(30-14-31-23(29)15(2)3)19(13-26)17-9-11-18(12-10-17)24(5,6)7/h9-13,15,26H,8,14H2,1-7H3/b22-19-,26-13?.